The van der Waals surface area contributed by atoms with Gasteiger partial charge in [0.05, 0.1) is 11.5 Å². The zero-order chi connectivity index (χ0) is 18.8. The molecule has 0 bridgehead atoms. The summed E-state index contributed by atoms with van der Waals surface area (Å²) in [6.45, 7) is 0.0513. The van der Waals surface area contributed by atoms with E-state index in [4.69, 9.17) is 18.9 Å². The number of fused-ring (bicyclic) bond motifs is 1. The van der Waals surface area contributed by atoms with E-state index in [2.05, 4.69) is 0 Å². The standard InChI is InChI=1S/C20H16O7/c21-18(13-4-2-1-3-5-13)27-20(23)15-10-24-19(22)14(15)8-12-6-7-16-17(9-12)26-11-25-16/h1-7,9,14-15H,8,10-11H2/t14-,15+/m0/s1. The molecule has 0 unspecified atom stereocenters. The predicted octanol–water partition coefficient (Wildman–Crippen LogP) is 2.13. The summed E-state index contributed by atoms with van der Waals surface area (Å²) in [5.74, 6) is -2.32. The number of ether oxygens (including phenoxy) is 4. The van der Waals surface area contributed by atoms with E-state index >= 15 is 0 Å². The van der Waals surface area contributed by atoms with Crippen LogP contribution in [-0.2, 0) is 25.5 Å². The fourth-order valence-electron chi connectivity index (χ4n) is 3.14. The molecule has 1 saturated heterocycles. The van der Waals surface area contributed by atoms with Crippen molar-refractivity contribution < 1.29 is 33.3 Å². The molecule has 2 atom stereocenters. The first-order chi connectivity index (χ1) is 13.1. The lowest BCUT2D eigenvalue weighted by atomic mass is 9.89. The molecular formula is C20H16O7. The van der Waals surface area contributed by atoms with Crippen LogP contribution < -0.4 is 9.47 Å². The summed E-state index contributed by atoms with van der Waals surface area (Å²) in [5, 5.41) is 0. The number of carbonyl (C=O) groups excluding carboxylic acids is 3. The molecule has 0 amide bonds. The van der Waals surface area contributed by atoms with Gasteiger partial charge < -0.3 is 18.9 Å². The molecule has 27 heavy (non-hydrogen) atoms. The molecular weight excluding hydrogens is 352 g/mol. The second kappa shape index (κ2) is 7.11. The monoisotopic (exact) mass is 368 g/mol. The minimum Gasteiger partial charge on any atom is -0.464 e. The zero-order valence-electron chi connectivity index (χ0n) is 14.3. The third-order valence-corrected chi connectivity index (χ3v) is 4.59. The van der Waals surface area contributed by atoms with Gasteiger partial charge in [-0.1, -0.05) is 24.3 Å². The molecule has 0 saturated carbocycles. The van der Waals surface area contributed by atoms with Gasteiger partial charge >= 0.3 is 17.9 Å². The molecule has 2 aromatic carbocycles. The number of carbonyl (C=O) groups is 3. The third kappa shape index (κ3) is 3.48. The minimum atomic E-state index is -0.837. The smallest absolute Gasteiger partial charge is 0.345 e. The average Bonchev–Trinajstić information content (AvgIpc) is 3.29. The molecule has 138 valence electrons. The van der Waals surface area contributed by atoms with Crippen LogP contribution in [0, 0.1) is 11.8 Å². The molecule has 2 aromatic rings. The van der Waals surface area contributed by atoms with Gasteiger partial charge in [0.15, 0.2) is 11.5 Å². The van der Waals surface area contributed by atoms with Crippen LogP contribution in [0.25, 0.3) is 0 Å². The first-order valence-corrected chi connectivity index (χ1v) is 8.48. The highest BCUT2D eigenvalue weighted by Crippen LogP contribution is 2.35. The van der Waals surface area contributed by atoms with Crippen LogP contribution in [0.2, 0.25) is 0 Å². The molecule has 0 radical (unpaired) electrons. The van der Waals surface area contributed by atoms with Crippen molar-refractivity contribution in [3.05, 3.63) is 59.7 Å². The van der Waals surface area contributed by atoms with Crippen molar-refractivity contribution in [1.82, 2.24) is 0 Å². The number of rotatable bonds is 4. The summed E-state index contributed by atoms with van der Waals surface area (Å²) >= 11 is 0. The van der Waals surface area contributed by atoms with Crippen molar-refractivity contribution >= 4 is 17.9 Å². The first-order valence-electron chi connectivity index (χ1n) is 8.48. The Labute approximate surface area is 154 Å². The van der Waals surface area contributed by atoms with Gasteiger partial charge in [0.1, 0.15) is 12.5 Å². The SMILES string of the molecule is O=C(OC(=O)[C@@H]1COC(=O)[C@H]1Cc1ccc2c(c1)OCO2)c1ccccc1. The highest BCUT2D eigenvalue weighted by atomic mass is 16.7. The van der Waals surface area contributed by atoms with E-state index in [1.807, 2.05) is 0 Å². The number of esters is 3. The van der Waals surface area contributed by atoms with Crippen LogP contribution in [0.4, 0.5) is 0 Å². The lowest BCUT2D eigenvalue weighted by Gasteiger charge is -2.14. The van der Waals surface area contributed by atoms with E-state index in [-0.39, 0.29) is 25.4 Å². The Bertz CT molecular complexity index is 890. The van der Waals surface area contributed by atoms with E-state index in [1.54, 1.807) is 48.5 Å². The van der Waals surface area contributed by atoms with Crippen molar-refractivity contribution in [3.63, 3.8) is 0 Å². The van der Waals surface area contributed by atoms with Crippen LogP contribution in [0.5, 0.6) is 11.5 Å². The summed E-state index contributed by atoms with van der Waals surface area (Å²) < 4.78 is 20.6. The normalized spacial score (nSPS) is 20.2. The van der Waals surface area contributed by atoms with Crippen LogP contribution in [0.1, 0.15) is 15.9 Å². The van der Waals surface area contributed by atoms with Crippen molar-refractivity contribution in [2.45, 2.75) is 6.42 Å². The number of benzene rings is 2. The average molecular weight is 368 g/mol. The van der Waals surface area contributed by atoms with E-state index in [1.165, 1.54) is 0 Å². The largest absolute Gasteiger partial charge is 0.464 e. The van der Waals surface area contributed by atoms with Gasteiger partial charge in [-0.05, 0) is 36.2 Å². The Morgan fingerprint density at radius 3 is 2.59 bits per heavy atom. The van der Waals surface area contributed by atoms with Crippen LogP contribution in [0.15, 0.2) is 48.5 Å². The molecule has 0 aliphatic carbocycles. The second-order valence-corrected chi connectivity index (χ2v) is 6.31. The topological polar surface area (TPSA) is 88.1 Å². The van der Waals surface area contributed by atoms with Gasteiger partial charge in [-0.25, -0.2) is 4.79 Å². The third-order valence-electron chi connectivity index (χ3n) is 4.59. The molecule has 0 N–H and O–H groups in total. The fraction of sp³-hybridized carbons (Fsp3) is 0.250. The summed E-state index contributed by atoms with van der Waals surface area (Å²) in [7, 11) is 0. The molecule has 2 aliphatic rings. The fourth-order valence-corrected chi connectivity index (χ4v) is 3.14. The Morgan fingerprint density at radius 1 is 1.00 bits per heavy atom. The number of hydrogen-bond donors (Lipinski definition) is 0. The van der Waals surface area contributed by atoms with Crippen LogP contribution in [-0.4, -0.2) is 31.3 Å². The van der Waals surface area contributed by atoms with Crippen molar-refractivity contribution in [3.8, 4) is 11.5 Å². The number of hydrogen-bond acceptors (Lipinski definition) is 7. The van der Waals surface area contributed by atoms with Crippen molar-refractivity contribution in [2.24, 2.45) is 11.8 Å². The maximum Gasteiger partial charge on any atom is 0.345 e. The lowest BCUT2D eigenvalue weighted by molar-refractivity contribution is -0.145. The molecule has 7 nitrogen and oxygen atoms in total. The zero-order valence-corrected chi connectivity index (χ0v) is 14.3. The quantitative estimate of drug-likeness (QED) is 0.603. The van der Waals surface area contributed by atoms with Gasteiger partial charge in [-0.2, -0.15) is 0 Å². The Kier molecular flexibility index (Phi) is 4.50. The highest BCUT2D eigenvalue weighted by molar-refractivity contribution is 5.98. The molecule has 2 aliphatic heterocycles. The maximum absolute atomic E-state index is 12.4. The predicted molar refractivity (Wildman–Crippen MR) is 91.1 cm³/mol. The molecule has 4 rings (SSSR count). The van der Waals surface area contributed by atoms with Gasteiger partial charge in [-0.3, -0.25) is 9.59 Å². The van der Waals surface area contributed by atoms with E-state index in [0.717, 1.165) is 5.56 Å². The Hall–Kier alpha value is -3.35. The minimum absolute atomic E-state index is 0.102. The first kappa shape index (κ1) is 17.1. The van der Waals surface area contributed by atoms with Crippen molar-refractivity contribution in [1.29, 1.82) is 0 Å². The Morgan fingerprint density at radius 2 is 1.78 bits per heavy atom. The summed E-state index contributed by atoms with van der Waals surface area (Å²) in [6.07, 6.45) is 0.273. The maximum atomic E-state index is 12.4. The number of cyclic esters (lactones) is 1. The lowest BCUT2D eigenvalue weighted by Crippen LogP contribution is -2.29. The molecule has 0 spiro atoms. The van der Waals surface area contributed by atoms with Gasteiger partial charge in [-0.15, -0.1) is 0 Å². The molecule has 7 heteroatoms. The van der Waals surface area contributed by atoms with E-state index < -0.39 is 29.7 Å². The van der Waals surface area contributed by atoms with Gasteiger partial charge in [0.2, 0.25) is 6.79 Å². The van der Waals surface area contributed by atoms with Gasteiger partial charge in [0, 0.05) is 0 Å². The van der Waals surface area contributed by atoms with Gasteiger partial charge in [0.25, 0.3) is 0 Å². The summed E-state index contributed by atoms with van der Waals surface area (Å²) in [5.41, 5.74) is 1.07. The Balaban J connectivity index is 1.46. The van der Waals surface area contributed by atoms with Crippen molar-refractivity contribution in [2.75, 3.05) is 13.4 Å². The van der Waals surface area contributed by atoms with E-state index in [9.17, 15) is 14.4 Å². The molecule has 0 aromatic heterocycles. The molecule has 2 heterocycles. The summed E-state index contributed by atoms with van der Waals surface area (Å²) in [6, 6.07) is 13.5. The second-order valence-electron chi connectivity index (χ2n) is 6.31. The van der Waals surface area contributed by atoms with Crippen LogP contribution >= 0.6 is 0 Å². The van der Waals surface area contributed by atoms with E-state index in [0.29, 0.717) is 11.5 Å². The summed E-state index contributed by atoms with van der Waals surface area (Å²) in [4.78, 5) is 36.6. The molecule has 1 fully saturated rings. The highest BCUT2D eigenvalue weighted by Gasteiger charge is 2.43. The van der Waals surface area contributed by atoms with Crippen LogP contribution in [0.3, 0.4) is 0 Å².